The number of rotatable bonds is 8. The number of hydrogen-bond donors (Lipinski definition) is 4. The van der Waals surface area contributed by atoms with Gasteiger partial charge in [0, 0.05) is 13.5 Å². The molecule has 10 heteroatoms. The van der Waals surface area contributed by atoms with Gasteiger partial charge in [-0.2, -0.15) is 0 Å². The Morgan fingerprint density at radius 2 is 1.57 bits per heavy atom. The largest absolute Gasteiger partial charge is 0.480 e. The lowest BCUT2D eigenvalue weighted by molar-refractivity contribution is -0.145. The zero-order chi connectivity index (χ0) is 21.6. The smallest absolute Gasteiger partial charge is 0.326 e. The molecule has 0 aromatic carbocycles. The van der Waals surface area contributed by atoms with Gasteiger partial charge in [0.1, 0.15) is 24.2 Å². The first kappa shape index (κ1) is 23.4. The summed E-state index contributed by atoms with van der Waals surface area (Å²) in [6.45, 7) is 8.00. The summed E-state index contributed by atoms with van der Waals surface area (Å²) in [7, 11) is 0. The van der Waals surface area contributed by atoms with Crippen molar-refractivity contribution in [2.24, 2.45) is 5.92 Å². The number of aliphatic carboxylic acids is 1. The van der Waals surface area contributed by atoms with E-state index >= 15 is 0 Å². The summed E-state index contributed by atoms with van der Waals surface area (Å²) in [4.78, 5) is 61.1. The summed E-state index contributed by atoms with van der Waals surface area (Å²) in [5.41, 5.74) is 0. The number of likely N-dealkylation sites (tertiary alicyclic amines) is 1. The normalized spacial score (nSPS) is 19.5. The molecule has 0 unspecified atom stereocenters. The highest BCUT2D eigenvalue weighted by Gasteiger charge is 2.38. The predicted molar refractivity (Wildman–Crippen MR) is 100 cm³/mol. The zero-order valence-corrected chi connectivity index (χ0v) is 16.9. The minimum atomic E-state index is -1.13. The van der Waals surface area contributed by atoms with Gasteiger partial charge in [-0.05, 0) is 32.6 Å². The van der Waals surface area contributed by atoms with E-state index in [2.05, 4.69) is 16.0 Å². The summed E-state index contributed by atoms with van der Waals surface area (Å²) >= 11 is 0. The number of nitrogens with zero attached hydrogens (tertiary/aromatic N) is 1. The Hall–Kier alpha value is -2.65. The molecule has 0 aromatic heterocycles. The molecule has 4 N–H and O–H groups in total. The van der Waals surface area contributed by atoms with Crippen LogP contribution in [0.4, 0.5) is 0 Å². The summed E-state index contributed by atoms with van der Waals surface area (Å²) in [6, 6.07) is -3.51. The van der Waals surface area contributed by atoms with Crippen LogP contribution in [0, 0.1) is 5.92 Å². The summed E-state index contributed by atoms with van der Waals surface area (Å²) < 4.78 is 0. The second-order valence-electron chi connectivity index (χ2n) is 7.41. The van der Waals surface area contributed by atoms with E-state index in [1.165, 1.54) is 25.7 Å². The van der Waals surface area contributed by atoms with Crippen LogP contribution >= 0.6 is 0 Å². The van der Waals surface area contributed by atoms with Crippen LogP contribution in [-0.4, -0.2) is 70.3 Å². The van der Waals surface area contributed by atoms with Crippen molar-refractivity contribution >= 4 is 29.6 Å². The summed E-state index contributed by atoms with van der Waals surface area (Å²) in [5, 5.41) is 16.7. The first-order chi connectivity index (χ1) is 13.0. The van der Waals surface area contributed by atoms with E-state index in [1.807, 2.05) is 0 Å². The van der Waals surface area contributed by atoms with Crippen LogP contribution in [0.5, 0.6) is 0 Å². The van der Waals surface area contributed by atoms with Gasteiger partial charge in [0.05, 0.1) is 0 Å². The van der Waals surface area contributed by atoms with Crippen molar-refractivity contribution in [1.29, 1.82) is 0 Å². The Morgan fingerprint density at radius 1 is 0.964 bits per heavy atom. The molecule has 1 rings (SSSR count). The third-order valence-electron chi connectivity index (χ3n) is 4.61. The molecule has 1 saturated heterocycles. The van der Waals surface area contributed by atoms with Gasteiger partial charge in [-0.3, -0.25) is 19.2 Å². The van der Waals surface area contributed by atoms with Gasteiger partial charge in [0.2, 0.25) is 23.6 Å². The highest BCUT2D eigenvalue weighted by Crippen LogP contribution is 2.19. The Labute approximate surface area is 164 Å². The van der Waals surface area contributed by atoms with Gasteiger partial charge < -0.3 is 26.0 Å². The van der Waals surface area contributed by atoms with E-state index < -0.39 is 47.9 Å². The van der Waals surface area contributed by atoms with Crippen molar-refractivity contribution in [3.8, 4) is 0 Å². The van der Waals surface area contributed by atoms with Gasteiger partial charge in [-0.1, -0.05) is 13.8 Å². The van der Waals surface area contributed by atoms with Crippen LogP contribution in [0.2, 0.25) is 0 Å². The Morgan fingerprint density at radius 3 is 2.07 bits per heavy atom. The molecule has 1 heterocycles. The molecule has 0 spiro atoms. The van der Waals surface area contributed by atoms with E-state index in [1.54, 1.807) is 13.8 Å². The average molecular weight is 398 g/mol. The number of carboxylic acid groups (broad SMARTS) is 1. The molecule has 1 aliphatic heterocycles. The number of carboxylic acids is 1. The molecule has 1 aliphatic rings. The molecule has 0 aromatic rings. The Kier molecular flexibility index (Phi) is 8.39. The lowest BCUT2D eigenvalue weighted by Crippen LogP contribution is -2.56. The number of amides is 4. The van der Waals surface area contributed by atoms with Crippen molar-refractivity contribution in [1.82, 2.24) is 20.9 Å². The van der Waals surface area contributed by atoms with Gasteiger partial charge in [0.25, 0.3) is 0 Å². The lowest BCUT2D eigenvalue weighted by Gasteiger charge is -2.29. The molecule has 28 heavy (non-hydrogen) atoms. The third kappa shape index (κ3) is 6.21. The molecule has 4 amide bonds. The van der Waals surface area contributed by atoms with Crippen LogP contribution in [0.3, 0.4) is 0 Å². The first-order valence-electron chi connectivity index (χ1n) is 9.36. The number of hydrogen-bond acceptors (Lipinski definition) is 5. The maximum absolute atomic E-state index is 12.7. The highest BCUT2D eigenvalue weighted by atomic mass is 16.4. The first-order valence-corrected chi connectivity index (χ1v) is 9.36. The summed E-state index contributed by atoms with van der Waals surface area (Å²) in [6.07, 6.45) is 1.02. The van der Waals surface area contributed by atoms with Crippen molar-refractivity contribution < 1.29 is 29.1 Å². The topological polar surface area (TPSA) is 145 Å². The van der Waals surface area contributed by atoms with Crippen molar-refractivity contribution in [3.63, 3.8) is 0 Å². The van der Waals surface area contributed by atoms with Crippen molar-refractivity contribution in [2.75, 3.05) is 6.54 Å². The van der Waals surface area contributed by atoms with E-state index in [0.29, 0.717) is 19.4 Å². The number of carbonyl (C=O) groups excluding carboxylic acids is 4. The molecule has 0 aliphatic carbocycles. The fraction of sp³-hybridized carbons (Fsp3) is 0.722. The van der Waals surface area contributed by atoms with E-state index in [9.17, 15) is 29.1 Å². The van der Waals surface area contributed by atoms with Crippen LogP contribution in [0.15, 0.2) is 0 Å². The van der Waals surface area contributed by atoms with E-state index in [-0.39, 0.29) is 11.8 Å². The monoisotopic (exact) mass is 398 g/mol. The molecule has 158 valence electrons. The van der Waals surface area contributed by atoms with Gasteiger partial charge in [-0.25, -0.2) is 4.79 Å². The Balaban J connectivity index is 2.75. The van der Waals surface area contributed by atoms with Crippen LogP contribution in [0.1, 0.15) is 47.5 Å². The second kappa shape index (κ2) is 10.0. The van der Waals surface area contributed by atoms with Gasteiger partial charge in [-0.15, -0.1) is 0 Å². The fourth-order valence-corrected chi connectivity index (χ4v) is 3.09. The molecule has 0 bridgehead atoms. The maximum Gasteiger partial charge on any atom is 0.326 e. The third-order valence-corrected chi connectivity index (χ3v) is 4.61. The SMILES string of the molecule is CC(=O)N[C@@H](C)C(=O)N[C@@H](C)C(=O)N1CCC[C@@H]1C(=O)N[C@H](C(=O)O)C(C)C. The quantitative estimate of drug-likeness (QED) is 0.423. The minimum Gasteiger partial charge on any atom is -0.480 e. The molecule has 1 fully saturated rings. The van der Waals surface area contributed by atoms with E-state index in [0.717, 1.165) is 0 Å². The van der Waals surface area contributed by atoms with E-state index in [4.69, 9.17) is 0 Å². The predicted octanol–water partition coefficient (Wildman–Crippen LogP) is -0.768. The molecule has 10 nitrogen and oxygen atoms in total. The molecule has 4 atom stereocenters. The molecule has 0 saturated carbocycles. The highest BCUT2D eigenvalue weighted by molar-refractivity contribution is 5.95. The minimum absolute atomic E-state index is 0.305. The molecular formula is C18H30N4O6. The Bertz CT molecular complexity index is 636. The zero-order valence-electron chi connectivity index (χ0n) is 16.9. The fourth-order valence-electron chi connectivity index (χ4n) is 3.09. The van der Waals surface area contributed by atoms with Crippen molar-refractivity contribution in [2.45, 2.75) is 71.6 Å². The maximum atomic E-state index is 12.7. The second-order valence-corrected chi connectivity index (χ2v) is 7.41. The molecule has 0 radical (unpaired) electrons. The standard InChI is InChI=1S/C18H30N4O6/c1-9(2)14(18(27)28)21-16(25)13-7-6-8-22(13)17(26)11(4)20-15(24)10(3)19-12(5)23/h9-11,13-14H,6-8H2,1-5H3,(H,19,23)(H,20,24)(H,21,25)(H,27,28)/t10-,11-,13+,14-/m0/s1. The number of nitrogens with one attached hydrogen (secondary N) is 3. The van der Waals surface area contributed by atoms with Crippen LogP contribution in [-0.2, 0) is 24.0 Å². The van der Waals surface area contributed by atoms with Crippen molar-refractivity contribution in [3.05, 3.63) is 0 Å². The molecular weight excluding hydrogens is 368 g/mol. The van der Waals surface area contributed by atoms with Gasteiger partial charge in [0.15, 0.2) is 0 Å². The number of carbonyl (C=O) groups is 5. The van der Waals surface area contributed by atoms with Crippen LogP contribution < -0.4 is 16.0 Å². The average Bonchev–Trinajstić information content (AvgIpc) is 3.06. The lowest BCUT2D eigenvalue weighted by atomic mass is 10.0. The van der Waals surface area contributed by atoms with Gasteiger partial charge >= 0.3 is 5.97 Å². The summed E-state index contributed by atoms with van der Waals surface area (Å²) in [5.74, 6) is -3.26. The van der Waals surface area contributed by atoms with Crippen LogP contribution in [0.25, 0.3) is 0 Å².